The van der Waals surface area contributed by atoms with E-state index in [-0.39, 0.29) is 36.8 Å². The molecule has 0 aliphatic carbocycles. The van der Waals surface area contributed by atoms with Crippen LogP contribution in [0.1, 0.15) is 37.0 Å². The van der Waals surface area contributed by atoms with Crippen LogP contribution in [0.25, 0.3) is 0 Å². The highest BCUT2D eigenvalue weighted by atomic mass is 19.1. The Morgan fingerprint density at radius 3 is 2.34 bits per heavy atom. The number of carbonyl (C=O) groups excluding carboxylic acids is 2. The second-order valence-corrected chi connectivity index (χ2v) is 8.78. The Balaban J connectivity index is 1.90. The van der Waals surface area contributed by atoms with Crippen molar-refractivity contribution < 1.29 is 18.7 Å². The number of halogens is 1. The van der Waals surface area contributed by atoms with Gasteiger partial charge in [-0.3, -0.25) is 9.59 Å². The van der Waals surface area contributed by atoms with Crippen molar-refractivity contribution in [2.45, 2.75) is 52.2 Å². The van der Waals surface area contributed by atoms with Gasteiger partial charge in [0.15, 0.2) is 6.61 Å². The molecule has 0 aromatic heterocycles. The van der Waals surface area contributed by atoms with Gasteiger partial charge in [-0.05, 0) is 61.2 Å². The van der Waals surface area contributed by atoms with Crippen molar-refractivity contribution in [3.8, 4) is 5.75 Å². The molecule has 1 N–H and O–H groups in total. The van der Waals surface area contributed by atoms with Gasteiger partial charge in [0.2, 0.25) is 5.91 Å². The lowest BCUT2D eigenvalue weighted by Gasteiger charge is -2.32. The number of ether oxygens (including phenoxy) is 1. The van der Waals surface area contributed by atoms with Crippen molar-refractivity contribution in [2.24, 2.45) is 0 Å². The molecule has 2 amide bonds. The molecule has 0 bridgehead atoms. The lowest BCUT2D eigenvalue weighted by atomic mass is 10.0. The standard InChI is InChI=1S/C29H33FN2O3/c1-4-22(3)31-29(34)27(18-23-10-6-5-7-11-23)32(19-24-13-15-25(30)16-14-24)28(33)20-35-26-12-8-9-21(2)17-26/h5-17,22,27H,4,18-20H2,1-3H3,(H,31,34)/t22-,27+/m1/s1. The smallest absolute Gasteiger partial charge is 0.261 e. The number of hydrogen-bond acceptors (Lipinski definition) is 3. The van der Waals surface area contributed by atoms with Gasteiger partial charge in [0, 0.05) is 19.0 Å². The van der Waals surface area contributed by atoms with Gasteiger partial charge in [0.25, 0.3) is 5.91 Å². The molecule has 0 spiro atoms. The highest BCUT2D eigenvalue weighted by Gasteiger charge is 2.31. The van der Waals surface area contributed by atoms with E-state index in [2.05, 4.69) is 5.32 Å². The normalized spacial score (nSPS) is 12.5. The fourth-order valence-corrected chi connectivity index (χ4v) is 3.71. The largest absolute Gasteiger partial charge is 0.484 e. The molecule has 184 valence electrons. The molecule has 5 nitrogen and oxygen atoms in total. The molecule has 0 saturated heterocycles. The SMILES string of the molecule is CC[C@@H](C)NC(=O)[C@H](Cc1ccccc1)N(Cc1ccc(F)cc1)C(=O)COc1cccc(C)c1. The van der Waals surface area contributed by atoms with Crippen LogP contribution in [0.3, 0.4) is 0 Å². The summed E-state index contributed by atoms with van der Waals surface area (Å²) in [6.07, 6.45) is 1.12. The van der Waals surface area contributed by atoms with E-state index in [4.69, 9.17) is 4.74 Å². The van der Waals surface area contributed by atoms with Crippen molar-refractivity contribution in [1.29, 1.82) is 0 Å². The van der Waals surface area contributed by atoms with Crippen molar-refractivity contribution in [3.05, 3.63) is 101 Å². The van der Waals surface area contributed by atoms with E-state index in [1.165, 1.54) is 17.0 Å². The first-order valence-electron chi connectivity index (χ1n) is 11.9. The van der Waals surface area contributed by atoms with Crippen molar-refractivity contribution in [2.75, 3.05) is 6.61 Å². The summed E-state index contributed by atoms with van der Waals surface area (Å²) >= 11 is 0. The van der Waals surface area contributed by atoms with Crippen LogP contribution in [0.5, 0.6) is 5.75 Å². The maximum absolute atomic E-state index is 13.5. The number of nitrogens with zero attached hydrogens (tertiary/aromatic N) is 1. The number of amides is 2. The number of carbonyl (C=O) groups is 2. The molecule has 0 unspecified atom stereocenters. The predicted octanol–water partition coefficient (Wildman–Crippen LogP) is 5.07. The van der Waals surface area contributed by atoms with Gasteiger partial charge < -0.3 is 15.0 Å². The molecule has 0 radical (unpaired) electrons. The van der Waals surface area contributed by atoms with Crippen LogP contribution in [0.4, 0.5) is 4.39 Å². The van der Waals surface area contributed by atoms with Crippen molar-refractivity contribution in [3.63, 3.8) is 0 Å². The highest BCUT2D eigenvalue weighted by molar-refractivity contribution is 5.88. The second kappa shape index (κ2) is 12.7. The molecule has 0 aliphatic rings. The average Bonchev–Trinajstić information content (AvgIpc) is 2.86. The number of aryl methyl sites for hydroxylation is 1. The quantitative estimate of drug-likeness (QED) is 0.421. The molecule has 0 aliphatic heterocycles. The highest BCUT2D eigenvalue weighted by Crippen LogP contribution is 2.17. The lowest BCUT2D eigenvalue weighted by Crippen LogP contribution is -2.53. The summed E-state index contributed by atoms with van der Waals surface area (Å²) in [6.45, 7) is 5.82. The maximum atomic E-state index is 13.5. The van der Waals surface area contributed by atoms with E-state index in [0.29, 0.717) is 12.2 Å². The van der Waals surface area contributed by atoms with Gasteiger partial charge in [-0.1, -0.05) is 61.5 Å². The number of rotatable bonds is 11. The average molecular weight is 477 g/mol. The summed E-state index contributed by atoms with van der Waals surface area (Å²) in [7, 11) is 0. The molecule has 3 aromatic carbocycles. The van der Waals surface area contributed by atoms with Crippen LogP contribution in [0.2, 0.25) is 0 Å². The Labute approximate surface area is 206 Å². The summed E-state index contributed by atoms with van der Waals surface area (Å²) in [4.78, 5) is 28.5. The Morgan fingerprint density at radius 1 is 0.971 bits per heavy atom. The van der Waals surface area contributed by atoms with Crippen molar-refractivity contribution in [1.82, 2.24) is 10.2 Å². The summed E-state index contributed by atoms with van der Waals surface area (Å²) in [5.41, 5.74) is 2.69. The zero-order chi connectivity index (χ0) is 25.2. The fourth-order valence-electron chi connectivity index (χ4n) is 3.71. The van der Waals surface area contributed by atoms with Gasteiger partial charge >= 0.3 is 0 Å². The van der Waals surface area contributed by atoms with Crippen molar-refractivity contribution >= 4 is 11.8 Å². The minimum atomic E-state index is -0.759. The van der Waals surface area contributed by atoms with E-state index in [9.17, 15) is 14.0 Å². The van der Waals surface area contributed by atoms with Crippen LogP contribution in [0, 0.1) is 12.7 Å². The summed E-state index contributed by atoms with van der Waals surface area (Å²) < 4.78 is 19.3. The van der Waals surface area contributed by atoms with E-state index < -0.39 is 6.04 Å². The third-order valence-electron chi connectivity index (χ3n) is 5.89. The van der Waals surface area contributed by atoms with Crippen LogP contribution in [-0.2, 0) is 22.6 Å². The molecule has 0 saturated carbocycles. The number of nitrogens with one attached hydrogen (secondary N) is 1. The summed E-state index contributed by atoms with van der Waals surface area (Å²) in [5.74, 6) is -0.321. The third kappa shape index (κ3) is 7.95. The minimum Gasteiger partial charge on any atom is -0.484 e. The predicted molar refractivity (Wildman–Crippen MR) is 135 cm³/mol. The van der Waals surface area contributed by atoms with Crippen LogP contribution in [-0.4, -0.2) is 35.4 Å². The lowest BCUT2D eigenvalue weighted by molar-refractivity contribution is -0.143. The zero-order valence-electron chi connectivity index (χ0n) is 20.5. The Morgan fingerprint density at radius 2 is 1.69 bits per heavy atom. The van der Waals surface area contributed by atoms with Gasteiger partial charge in [-0.15, -0.1) is 0 Å². The number of benzene rings is 3. The Hall–Kier alpha value is -3.67. The first kappa shape index (κ1) is 25.9. The van der Waals surface area contributed by atoms with Gasteiger partial charge in [0.1, 0.15) is 17.6 Å². The van der Waals surface area contributed by atoms with Gasteiger partial charge in [-0.2, -0.15) is 0 Å². The molecule has 0 fully saturated rings. The summed E-state index contributed by atoms with van der Waals surface area (Å²) in [6, 6.07) is 22.2. The van der Waals surface area contributed by atoms with E-state index in [1.807, 2.05) is 69.3 Å². The molecule has 2 atom stereocenters. The monoisotopic (exact) mass is 476 g/mol. The molecule has 6 heteroatoms. The van der Waals surface area contributed by atoms with E-state index in [1.54, 1.807) is 18.2 Å². The first-order valence-corrected chi connectivity index (χ1v) is 11.9. The van der Waals surface area contributed by atoms with Crippen LogP contribution < -0.4 is 10.1 Å². The topological polar surface area (TPSA) is 58.6 Å². The maximum Gasteiger partial charge on any atom is 0.261 e. The van der Waals surface area contributed by atoms with Gasteiger partial charge in [-0.25, -0.2) is 4.39 Å². The second-order valence-electron chi connectivity index (χ2n) is 8.78. The van der Waals surface area contributed by atoms with Crippen LogP contribution >= 0.6 is 0 Å². The molecular formula is C29H33FN2O3. The molecule has 3 rings (SSSR count). The zero-order valence-corrected chi connectivity index (χ0v) is 20.5. The fraction of sp³-hybridized carbons (Fsp3) is 0.310. The third-order valence-corrected chi connectivity index (χ3v) is 5.89. The Bertz CT molecular complexity index is 1100. The summed E-state index contributed by atoms with van der Waals surface area (Å²) in [5, 5.41) is 3.03. The first-order chi connectivity index (χ1) is 16.9. The number of hydrogen-bond donors (Lipinski definition) is 1. The van der Waals surface area contributed by atoms with Crippen LogP contribution in [0.15, 0.2) is 78.9 Å². The Kier molecular flexibility index (Phi) is 9.41. The molecular weight excluding hydrogens is 443 g/mol. The van der Waals surface area contributed by atoms with E-state index >= 15 is 0 Å². The van der Waals surface area contributed by atoms with Gasteiger partial charge in [0.05, 0.1) is 0 Å². The molecule has 35 heavy (non-hydrogen) atoms. The minimum absolute atomic E-state index is 0.0351. The van der Waals surface area contributed by atoms with E-state index in [0.717, 1.165) is 23.1 Å². The molecule has 3 aromatic rings. The molecule has 0 heterocycles.